The fraction of sp³-hybridized carbons (Fsp3) is 0.562. The Morgan fingerprint density at radius 1 is 1.38 bits per heavy atom. The number of piperidine rings is 1. The largest absolute Gasteiger partial charge is 0.371 e. The SMILES string of the molecule is Fc1cnc(NC2COC3(CCCN(Cc4nccs4)C3)C2)nc1. The number of ether oxygens (including phenoxy) is 1. The maximum Gasteiger partial charge on any atom is 0.223 e. The van der Waals surface area contributed by atoms with E-state index in [1.54, 1.807) is 11.3 Å². The molecule has 128 valence electrons. The summed E-state index contributed by atoms with van der Waals surface area (Å²) >= 11 is 1.70. The maximum absolute atomic E-state index is 12.9. The second-order valence-electron chi connectivity index (χ2n) is 6.50. The summed E-state index contributed by atoms with van der Waals surface area (Å²) in [4.78, 5) is 14.7. The van der Waals surface area contributed by atoms with E-state index in [2.05, 4.69) is 25.2 Å². The van der Waals surface area contributed by atoms with Crippen molar-refractivity contribution in [3.8, 4) is 0 Å². The lowest BCUT2D eigenvalue weighted by Crippen LogP contribution is -2.47. The zero-order valence-corrected chi connectivity index (χ0v) is 14.1. The second-order valence-corrected chi connectivity index (χ2v) is 7.48. The molecule has 2 fully saturated rings. The van der Waals surface area contributed by atoms with Crippen LogP contribution in [0.4, 0.5) is 10.3 Å². The van der Waals surface area contributed by atoms with E-state index in [9.17, 15) is 4.39 Å². The normalized spacial score (nSPS) is 27.6. The first kappa shape index (κ1) is 15.9. The molecule has 2 aromatic rings. The fourth-order valence-electron chi connectivity index (χ4n) is 3.64. The molecule has 4 heterocycles. The van der Waals surface area contributed by atoms with Crippen LogP contribution in [-0.4, -0.2) is 51.2 Å². The van der Waals surface area contributed by atoms with Gasteiger partial charge in [0.15, 0.2) is 5.82 Å². The van der Waals surface area contributed by atoms with Crippen LogP contribution in [0, 0.1) is 5.82 Å². The van der Waals surface area contributed by atoms with Crippen molar-refractivity contribution in [3.05, 3.63) is 34.8 Å². The summed E-state index contributed by atoms with van der Waals surface area (Å²) in [6, 6.07) is 0.162. The number of nitrogens with one attached hydrogen (secondary N) is 1. The summed E-state index contributed by atoms with van der Waals surface area (Å²) in [6.07, 6.45) is 7.33. The van der Waals surface area contributed by atoms with Crippen molar-refractivity contribution in [3.63, 3.8) is 0 Å². The predicted octanol–water partition coefficient (Wildman–Crippen LogP) is 2.31. The molecule has 6 nitrogen and oxygen atoms in total. The number of halogens is 1. The Morgan fingerprint density at radius 3 is 3.04 bits per heavy atom. The van der Waals surface area contributed by atoms with Crippen LogP contribution in [0.5, 0.6) is 0 Å². The predicted molar refractivity (Wildman–Crippen MR) is 89.3 cm³/mol. The average Bonchev–Trinajstić information content (AvgIpc) is 3.21. The van der Waals surface area contributed by atoms with Gasteiger partial charge in [-0.2, -0.15) is 0 Å². The van der Waals surface area contributed by atoms with E-state index in [1.165, 1.54) is 12.4 Å². The van der Waals surface area contributed by atoms with Gasteiger partial charge in [0.05, 0.1) is 37.2 Å². The van der Waals surface area contributed by atoms with E-state index in [-0.39, 0.29) is 11.6 Å². The number of likely N-dealkylation sites (tertiary alicyclic amines) is 1. The van der Waals surface area contributed by atoms with Gasteiger partial charge in [0.2, 0.25) is 5.95 Å². The van der Waals surface area contributed by atoms with Gasteiger partial charge < -0.3 is 10.1 Å². The standard InChI is InChI=1S/C16H20FN5OS/c17-12-7-19-15(20-8-12)21-13-6-16(23-10-13)2-1-4-22(11-16)9-14-18-3-5-24-14/h3,5,7-8,13H,1-2,4,6,9-11H2,(H,19,20,21). The van der Waals surface area contributed by atoms with Crippen LogP contribution in [0.3, 0.4) is 0 Å². The van der Waals surface area contributed by atoms with Crippen LogP contribution in [0.15, 0.2) is 24.0 Å². The Labute approximate surface area is 144 Å². The Balaban J connectivity index is 1.36. The monoisotopic (exact) mass is 349 g/mol. The highest BCUT2D eigenvalue weighted by atomic mass is 32.1. The highest BCUT2D eigenvalue weighted by molar-refractivity contribution is 7.09. The molecule has 2 aliphatic rings. The van der Waals surface area contributed by atoms with Crippen LogP contribution in [0.25, 0.3) is 0 Å². The van der Waals surface area contributed by atoms with Crippen LogP contribution in [-0.2, 0) is 11.3 Å². The van der Waals surface area contributed by atoms with Crippen LogP contribution in [0.2, 0.25) is 0 Å². The molecule has 1 spiro atoms. The summed E-state index contributed by atoms with van der Waals surface area (Å²) in [5.41, 5.74) is -0.104. The Hall–Kier alpha value is -1.64. The van der Waals surface area contributed by atoms with E-state index < -0.39 is 5.82 Å². The van der Waals surface area contributed by atoms with Crippen LogP contribution < -0.4 is 5.32 Å². The van der Waals surface area contributed by atoms with Crippen molar-refractivity contribution in [2.24, 2.45) is 0 Å². The average molecular weight is 349 g/mol. The Kier molecular flexibility index (Phi) is 4.43. The van der Waals surface area contributed by atoms with Gasteiger partial charge in [-0.25, -0.2) is 19.3 Å². The molecule has 24 heavy (non-hydrogen) atoms. The lowest BCUT2D eigenvalue weighted by Gasteiger charge is -2.39. The number of aromatic nitrogens is 3. The van der Waals surface area contributed by atoms with Gasteiger partial charge in [-0.05, 0) is 19.4 Å². The van der Waals surface area contributed by atoms with Gasteiger partial charge >= 0.3 is 0 Å². The molecule has 2 saturated heterocycles. The highest BCUT2D eigenvalue weighted by Crippen LogP contribution is 2.36. The lowest BCUT2D eigenvalue weighted by molar-refractivity contribution is -0.0533. The number of nitrogens with zero attached hydrogens (tertiary/aromatic N) is 4. The molecule has 2 atom stereocenters. The van der Waals surface area contributed by atoms with Crippen molar-refractivity contribution in [2.45, 2.75) is 37.5 Å². The third-order valence-electron chi connectivity index (χ3n) is 4.62. The van der Waals surface area contributed by atoms with Gasteiger partial charge in [0.1, 0.15) is 5.01 Å². The van der Waals surface area contributed by atoms with Gasteiger partial charge in [-0.3, -0.25) is 4.90 Å². The molecular formula is C16H20FN5OS. The van der Waals surface area contributed by atoms with E-state index in [1.807, 2.05) is 11.6 Å². The molecule has 8 heteroatoms. The summed E-state index contributed by atoms with van der Waals surface area (Å²) in [5.74, 6) is 0.0299. The van der Waals surface area contributed by atoms with Crippen LogP contribution in [0.1, 0.15) is 24.3 Å². The number of anilines is 1. The van der Waals surface area contributed by atoms with Crippen molar-refractivity contribution in [1.29, 1.82) is 0 Å². The molecule has 1 N–H and O–H groups in total. The third kappa shape index (κ3) is 3.55. The topological polar surface area (TPSA) is 63.2 Å². The molecule has 4 rings (SSSR count). The molecule has 0 aliphatic carbocycles. The van der Waals surface area contributed by atoms with Crippen molar-refractivity contribution in [1.82, 2.24) is 19.9 Å². The summed E-state index contributed by atoms with van der Waals surface area (Å²) < 4.78 is 19.1. The molecule has 2 aromatic heterocycles. The molecule has 2 unspecified atom stereocenters. The van der Waals surface area contributed by atoms with Gasteiger partial charge in [-0.1, -0.05) is 0 Å². The van der Waals surface area contributed by atoms with E-state index in [4.69, 9.17) is 4.74 Å². The smallest absolute Gasteiger partial charge is 0.223 e. The first-order valence-electron chi connectivity index (χ1n) is 8.20. The first-order chi connectivity index (χ1) is 11.7. The van der Waals surface area contributed by atoms with Crippen molar-refractivity contribution < 1.29 is 9.13 Å². The molecule has 0 saturated carbocycles. The van der Waals surface area contributed by atoms with Gasteiger partial charge in [0, 0.05) is 24.5 Å². The zero-order valence-electron chi connectivity index (χ0n) is 13.3. The van der Waals surface area contributed by atoms with E-state index in [0.717, 1.165) is 43.9 Å². The number of hydrogen-bond donors (Lipinski definition) is 1. The highest BCUT2D eigenvalue weighted by Gasteiger charge is 2.43. The second kappa shape index (κ2) is 6.70. The molecule has 0 aromatic carbocycles. The summed E-state index contributed by atoms with van der Waals surface area (Å²) in [7, 11) is 0. The molecule has 0 amide bonds. The van der Waals surface area contributed by atoms with E-state index in [0.29, 0.717) is 12.6 Å². The zero-order chi connectivity index (χ0) is 16.4. The number of hydrogen-bond acceptors (Lipinski definition) is 7. The Bertz CT molecular complexity index is 668. The molecule has 0 bridgehead atoms. The third-order valence-corrected chi connectivity index (χ3v) is 5.39. The van der Waals surface area contributed by atoms with Crippen LogP contribution >= 0.6 is 11.3 Å². The number of thiazole rings is 1. The minimum atomic E-state index is -0.426. The van der Waals surface area contributed by atoms with Gasteiger partial charge in [0.25, 0.3) is 0 Å². The van der Waals surface area contributed by atoms with Crippen molar-refractivity contribution >= 4 is 17.3 Å². The fourth-order valence-corrected chi connectivity index (χ4v) is 4.30. The summed E-state index contributed by atoms with van der Waals surface area (Å²) in [6.45, 7) is 3.53. The lowest BCUT2D eigenvalue weighted by atomic mass is 9.88. The minimum absolute atomic E-state index is 0.104. The Morgan fingerprint density at radius 2 is 2.25 bits per heavy atom. The van der Waals surface area contributed by atoms with E-state index >= 15 is 0 Å². The quantitative estimate of drug-likeness (QED) is 0.914. The molecular weight excluding hydrogens is 329 g/mol. The maximum atomic E-state index is 12.9. The summed E-state index contributed by atoms with van der Waals surface area (Å²) in [5, 5.41) is 6.43. The molecule has 0 radical (unpaired) electrons. The van der Waals surface area contributed by atoms with Crippen molar-refractivity contribution in [2.75, 3.05) is 25.0 Å². The first-order valence-corrected chi connectivity index (χ1v) is 9.08. The van der Waals surface area contributed by atoms with Gasteiger partial charge in [-0.15, -0.1) is 11.3 Å². The minimum Gasteiger partial charge on any atom is -0.371 e. The molecule has 2 aliphatic heterocycles. The number of rotatable bonds is 4.